The summed E-state index contributed by atoms with van der Waals surface area (Å²) in [7, 11) is 0. The first-order valence-electron chi connectivity index (χ1n) is 5.00. The molecule has 0 saturated heterocycles. The standard InChI is InChI=1S/C12H10ClF2NO/c1-7-2-3-8-6-9(4-5-10(8)16-7)11(17)12(13,14)15/h2-6,11,17H,1H3. The molecule has 0 amide bonds. The monoisotopic (exact) mass is 257 g/mol. The number of aliphatic hydroxyl groups is 1. The summed E-state index contributed by atoms with van der Waals surface area (Å²) in [5.41, 5.74) is 1.61. The minimum Gasteiger partial charge on any atom is -0.381 e. The molecular formula is C12H10ClF2NO. The molecule has 2 aromatic rings. The number of benzene rings is 1. The summed E-state index contributed by atoms with van der Waals surface area (Å²) in [5, 5.41) is 6.38. The highest BCUT2D eigenvalue weighted by Crippen LogP contribution is 2.35. The Morgan fingerprint density at radius 1 is 1.29 bits per heavy atom. The molecule has 0 fully saturated rings. The molecule has 2 rings (SSSR count). The lowest BCUT2D eigenvalue weighted by Crippen LogP contribution is -2.18. The van der Waals surface area contributed by atoms with Crippen molar-refractivity contribution < 1.29 is 13.9 Å². The van der Waals surface area contributed by atoms with Crippen molar-refractivity contribution in [1.29, 1.82) is 0 Å². The fourth-order valence-corrected chi connectivity index (χ4v) is 1.73. The third-order valence-electron chi connectivity index (χ3n) is 2.48. The van der Waals surface area contributed by atoms with Crippen molar-refractivity contribution in [2.24, 2.45) is 0 Å². The van der Waals surface area contributed by atoms with Gasteiger partial charge in [-0.1, -0.05) is 12.1 Å². The lowest BCUT2D eigenvalue weighted by Gasteiger charge is -2.16. The predicted molar refractivity (Wildman–Crippen MR) is 62.2 cm³/mol. The van der Waals surface area contributed by atoms with Crippen molar-refractivity contribution in [3.63, 3.8) is 0 Å². The fraction of sp³-hybridized carbons (Fsp3) is 0.250. The van der Waals surface area contributed by atoms with Gasteiger partial charge in [-0.3, -0.25) is 4.98 Å². The molecule has 0 aliphatic rings. The van der Waals surface area contributed by atoms with Crippen LogP contribution in [-0.2, 0) is 0 Å². The van der Waals surface area contributed by atoms with Crippen LogP contribution in [0.25, 0.3) is 10.9 Å². The number of rotatable bonds is 2. The highest BCUT2D eigenvalue weighted by Gasteiger charge is 2.36. The highest BCUT2D eigenvalue weighted by molar-refractivity contribution is 6.22. The number of pyridine rings is 1. The van der Waals surface area contributed by atoms with E-state index in [1.807, 2.05) is 6.92 Å². The van der Waals surface area contributed by atoms with E-state index in [-0.39, 0.29) is 5.56 Å². The molecule has 0 saturated carbocycles. The molecule has 0 aliphatic carbocycles. The predicted octanol–water partition coefficient (Wildman–Crippen LogP) is 3.41. The van der Waals surface area contributed by atoms with Crippen LogP contribution in [0, 0.1) is 6.92 Å². The van der Waals surface area contributed by atoms with E-state index >= 15 is 0 Å². The summed E-state index contributed by atoms with van der Waals surface area (Å²) in [5.74, 6) is 0. The van der Waals surface area contributed by atoms with Gasteiger partial charge in [0.05, 0.1) is 5.52 Å². The first kappa shape index (κ1) is 12.2. The van der Waals surface area contributed by atoms with Crippen LogP contribution < -0.4 is 0 Å². The van der Waals surface area contributed by atoms with Gasteiger partial charge in [-0.05, 0) is 42.3 Å². The molecule has 1 N–H and O–H groups in total. The normalized spacial score (nSPS) is 13.9. The summed E-state index contributed by atoms with van der Waals surface area (Å²) < 4.78 is 25.5. The highest BCUT2D eigenvalue weighted by atomic mass is 35.5. The molecule has 1 heterocycles. The van der Waals surface area contributed by atoms with Gasteiger partial charge in [-0.25, -0.2) is 0 Å². The van der Waals surface area contributed by atoms with Crippen molar-refractivity contribution in [3.8, 4) is 0 Å². The minimum absolute atomic E-state index is 0.0724. The van der Waals surface area contributed by atoms with Crippen LogP contribution in [0.15, 0.2) is 30.3 Å². The summed E-state index contributed by atoms with van der Waals surface area (Å²) in [6.45, 7) is 1.84. The van der Waals surface area contributed by atoms with Gasteiger partial charge < -0.3 is 5.11 Å². The van der Waals surface area contributed by atoms with E-state index in [9.17, 15) is 13.9 Å². The van der Waals surface area contributed by atoms with Crippen LogP contribution >= 0.6 is 11.6 Å². The molecule has 0 radical (unpaired) electrons. The van der Waals surface area contributed by atoms with Gasteiger partial charge in [0.25, 0.3) is 0 Å². The van der Waals surface area contributed by atoms with E-state index in [1.165, 1.54) is 12.1 Å². The third kappa shape index (κ3) is 2.53. The Labute approximate surface area is 102 Å². The topological polar surface area (TPSA) is 33.1 Å². The van der Waals surface area contributed by atoms with E-state index in [0.717, 1.165) is 5.69 Å². The lowest BCUT2D eigenvalue weighted by molar-refractivity contribution is -0.0424. The molecule has 0 bridgehead atoms. The zero-order chi connectivity index (χ0) is 12.6. The summed E-state index contributed by atoms with van der Waals surface area (Å²) in [4.78, 5) is 4.24. The molecule has 5 heteroatoms. The van der Waals surface area contributed by atoms with Crippen LogP contribution in [0.4, 0.5) is 8.78 Å². The Hall–Kier alpha value is -1.26. The molecule has 1 aromatic carbocycles. The molecule has 17 heavy (non-hydrogen) atoms. The van der Waals surface area contributed by atoms with Crippen LogP contribution in [0.5, 0.6) is 0 Å². The van der Waals surface area contributed by atoms with Crippen molar-refractivity contribution >= 4 is 22.5 Å². The smallest absolute Gasteiger partial charge is 0.351 e. The number of halogens is 3. The van der Waals surface area contributed by atoms with Gasteiger partial charge in [0.15, 0.2) is 6.10 Å². The maximum absolute atomic E-state index is 12.8. The summed E-state index contributed by atoms with van der Waals surface area (Å²) in [6, 6.07) is 7.99. The number of fused-ring (bicyclic) bond motifs is 1. The van der Waals surface area contributed by atoms with Gasteiger partial charge in [0.2, 0.25) is 0 Å². The zero-order valence-electron chi connectivity index (χ0n) is 8.99. The first-order chi connectivity index (χ1) is 7.88. The number of hydrogen-bond donors (Lipinski definition) is 1. The van der Waals surface area contributed by atoms with Crippen LogP contribution in [0.3, 0.4) is 0 Å². The maximum Gasteiger partial charge on any atom is 0.351 e. The molecule has 2 nitrogen and oxygen atoms in total. The Bertz CT molecular complexity index is 554. The van der Waals surface area contributed by atoms with Gasteiger partial charge in [0, 0.05) is 11.1 Å². The van der Waals surface area contributed by atoms with Gasteiger partial charge in [0.1, 0.15) is 0 Å². The summed E-state index contributed by atoms with van der Waals surface area (Å²) in [6.07, 6.45) is -2.02. The maximum atomic E-state index is 12.8. The number of nitrogens with zero attached hydrogens (tertiary/aromatic N) is 1. The van der Waals surface area contributed by atoms with Crippen molar-refractivity contribution in [1.82, 2.24) is 4.98 Å². The Kier molecular flexibility index (Phi) is 3.02. The van der Waals surface area contributed by atoms with E-state index in [0.29, 0.717) is 10.9 Å². The van der Waals surface area contributed by atoms with Crippen molar-refractivity contribution in [2.45, 2.75) is 18.4 Å². The molecule has 1 aromatic heterocycles. The third-order valence-corrected chi connectivity index (χ3v) is 2.68. The van der Waals surface area contributed by atoms with Gasteiger partial charge >= 0.3 is 5.38 Å². The average Bonchev–Trinajstić information content (AvgIpc) is 2.26. The Morgan fingerprint density at radius 3 is 2.65 bits per heavy atom. The van der Waals surface area contributed by atoms with Crippen LogP contribution in [0.2, 0.25) is 0 Å². The molecular weight excluding hydrogens is 248 g/mol. The number of aryl methyl sites for hydroxylation is 1. The zero-order valence-corrected chi connectivity index (χ0v) is 9.75. The lowest BCUT2D eigenvalue weighted by atomic mass is 10.1. The first-order valence-corrected chi connectivity index (χ1v) is 5.38. The van der Waals surface area contributed by atoms with Gasteiger partial charge in [-0.15, -0.1) is 0 Å². The molecule has 90 valence electrons. The van der Waals surface area contributed by atoms with Crippen molar-refractivity contribution in [2.75, 3.05) is 0 Å². The minimum atomic E-state index is -3.67. The second-order valence-corrected chi connectivity index (χ2v) is 4.35. The van der Waals surface area contributed by atoms with Crippen molar-refractivity contribution in [3.05, 3.63) is 41.6 Å². The van der Waals surface area contributed by atoms with Crippen LogP contribution in [-0.4, -0.2) is 15.5 Å². The van der Waals surface area contributed by atoms with E-state index < -0.39 is 11.5 Å². The Morgan fingerprint density at radius 2 is 2.00 bits per heavy atom. The van der Waals surface area contributed by atoms with Gasteiger partial charge in [-0.2, -0.15) is 8.78 Å². The SMILES string of the molecule is Cc1ccc2cc(C(O)C(F)(F)Cl)ccc2n1. The number of hydrogen-bond acceptors (Lipinski definition) is 2. The van der Waals surface area contributed by atoms with E-state index in [1.54, 1.807) is 18.2 Å². The molecule has 1 atom stereocenters. The fourth-order valence-electron chi connectivity index (χ4n) is 1.61. The van der Waals surface area contributed by atoms with E-state index in [4.69, 9.17) is 11.6 Å². The second kappa shape index (κ2) is 4.20. The van der Waals surface area contributed by atoms with Crippen LogP contribution in [0.1, 0.15) is 17.4 Å². The molecule has 0 aliphatic heterocycles. The quantitative estimate of drug-likeness (QED) is 0.837. The Balaban J connectivity index is 2.48. The number of aromatic nitrogens is 1. The second-order valence-electron chi connectivity index (χ2n) is 3.85. The largest absolute Gasteiger partial charge is 0.381 e. The molecule has 0 spiro atoms. The summed E-state index contributed by atoms with van der Waals surface area (Å²) >= 11 is 4.80. The average molecular weight is 258 g/mol. The van der Waals surface area contributed by atoms with E-state index in [2.05, 4.69) is 4.98 Å². The molecule has 1 unspecified atom stereocenters. The number of aliphatic hydroxyl groups excluding tert-OH is 1. The number of alkyl halides is 3.